The van der Waals surface area contributed by atoms with E-state index in [0.29, 0.717) is 0 Å². The van der Waals surface area contributed by atoms with Crippen molar-refractivity contribution >= 4 is 5.91 Å². The van der Waals surface area contributed by atoms with E-state index in [1.165, 1.54) is 0 Å². The van der Waals surface area contributed by atoms with Gasteiger partial charge in [0.15, 0.2) is 0 Å². The Hall–Kier alpha value is -1.04. The summed E-state index contributed by atoms with van der Waals surface area (Å²) in [6.07, 6.45) is 2.71. The van der Waals surface area contributed by atoms with Crippen molar-refractivity contribution in [3.05, 3.63) is 0 Å². The van der Waals surface area contributed by atoms with E-state index in [4.69, 9.17) is 5.26 Å². The standard InChI is InChI=1S/C10H16N2O/c1-7(2)10(13)12-9-4-3-8(5-9)6-11/h7-9H,3-5H2,1-2H3,(H,12,13)/t8-,9+/m0/s1. The van der Waals surface area contributed by atoms with E-state index in [1.807, 2.05) is 13.8 Å². The maximum absolute atomic E-state index is 11.3. The third kappa shape index (κ3) is 2.73. The Kier molecular flexibility index (Phi) is 3.30. The van der Waals surface area contributed by atoms with Crippen molar-refractivity contribution in [2.45, 2.75) is 39.2 Å². The van der Waals surface area contributed by atoms with Gasteiger partial charge in [-0.25, -0.2) is 0 Å². The Morgan fingerprint density at radius 1 is 1.54 bits per heavy atom. The number of nitrogens with one attached hydrogen (secondary N) is 1. The van der Waals surface area contributed by atoms with Crippen LogP contribution in [0.4, 0.5) is 0 Å². The van der Waals surface area contributed by atoms with Gasteiger partial charge in [-0.3, -0.25) is 4.79 Å². The minimum atomic E-state index is 0.0427. The minimum absolute atomic E-state index is 0.0427. The molecule has 0 heterocycles. The number of hydrogen-bond donors (Lipinski definition) is 1. The van der Waals surface area contributed by atoms with Crippen LogP contribution < -0.4 is 5.32 Å². The second-order valence-corrected chi connectivity index (χ2v) is 4.00. The largest absolute Gasteiger partial charge is 0.353 e. The SMILES string of the molecule is CC(C)C(=O)N[C@@H]1CC[C@H](C#N)C1. The Bertz CT molecular complexity index is 230. The lowest BCUT2D eigenvalue weighted by Crippen LogP contribution is -2.35. The lowest BCUT2D eigenvalue weighted by molar-refractivity contribution is -0.124. The minimum Gasteiger partial charge on any atom is -0.353 e. The smallest absolute Gasteiger partial charge is 0.222 e. The highest BCUT2D eigenvalue weighted by atomic mass is 16.1. The zero-order valence-corrected chi connectivity index (χ0v) is 8.21. The third-order valence-electron chi connectivity index (χ3n) is 2.49. The molecule has 1 fully saturated rings. The average molecular weight is 180 g/mol. The summed E-state index contributed by atoms with van der Waals surface area (Å²) in [5.74, 6) is 0.294. The molecule has 1 rings (SSSR count). The molecule has 1 N–H and O–H groups in total. The molecule has 0 unspecified atom stereocenters. The first-order chi connectivity index (χ1) is 6.13. The van der Waals surface area contributed by atoms with Gasteiger partial charge in [0, 0.05) is 17.9 Å². The summed E-state index contributed by atoms with van der Waals surface area (Å²) in [5.41, 5.74) is 0. The second-order valence-electron chi connectivity index (χ2n) is 4.00. The van der Waals surface area contributed by atoms with Crippen molar-refractivity contribution in [2.75, 3.05) is 0 Å². The van der Waals surface area contributed by atoms with Gasteiger partial charge in [-0.2, -0.15) is 5.26 Å². The number of rotatable bonds is 2. The van der Waals surface area contributed by atoms with Crippen LogP contribution in [-0.2, 0) is 4.79 Å². The first kappa shape index (κ1) is 10.0. The number of nitrogens with zero attached hydrogens (tertiary/aromatic N) is 1. The molecule has 0 radical (unpaired) electrons. The summed E-state index contributed by atoms with van der Waals surface area (Å²) in [6, 6.07) is 2.48. The van der Waals surface area contributed by atoms with Crippen LogP contribution in [0, 0.1) is 23.2 Å². The van der Waals surface area contributed by atoms with Crippen molar-refractivity contribution in [1.29, 1.82) is 5.26 Å². The Morgan fingerprint density at radius 3 is 2.69 bits per heavy atom. The zero-order chi connectivity index (χ0) is 9.84. The topological polar surface area (TPSA) is 52.9 Å². The molecule has 2 atom stereocenters. The molecule has 13 heavy (non-hydrogen) atoms. The average Bonchev–Trinajstić information content (AvgIpc) is 2.52. The Balaban J connectivity index is 2.33. The number of amides is 1. The Labute approximate surface area is 79.1 Å². The molecule has 0 spiro atoms. The molecular weight excluding hydrogens is 164 g/mol. The van der Waals surface area contributed by atoms with Gasteiger partial charge in [0.05, 0.1) is 6.07 Å². The predicted octanol–water partition coefficient (Wildman–Crippen LogP) is 1.45. The molecule has 0 aromatic heterocycles. The maximum atomic E-state index is 11.3. The van der Waals surface area contributed by atoms with Crippen LogP contribution in [0.3, 0.4) is 0 Å². The highest BCUT2D eigenvalue weighted by molar-refractivity contribution is 5.78. The first-order valence-electron chi connectivity index (χ1n) is 4.83. The van der Waals surface area contributed by atoms with Crippen LogP contribution >= 0.6 is 0 Å². The first-order valence-corrected chi connectivity index (χ1v) is 4.83. The van der Waals surface area contributed by atoms with Crippen molar-refractivity contribution in [3.63, 3.8) is 0 Å². The van der Waals surface area contributed by atoms with Gasteiger partial charge < -0.3 is 5.32 Å². The number of carbonyl (C=O) groups is 1. The molecule has 1 saturated carbocycles. The summed E-state index contributed by atoms with van der Waals surface area (Å²) < 4.78 is 0. The molecule has 3 nitrogen and oxygen atoms in total. The molecule has 0 bridgehead atoms. The van der Waals surface area contributed by atoms with Crippen molar-refractivity contribution < 1.29 is 4.79 Å². The number of carbonyl (C=O) groups excluding carboxylic acids is 1. The van der Waals surface area contributed by atoms with Gasteiger partial charge in [0.2, 0.25) is 5.91 Å². The van der Waals surface area contributed by atoms with E-state index in [2.05, 4.69) is 11.4 Å². The van der Waals surface area contributed by atoms with Gasteiger partial charge in [-0.05, 0) is 19.3 Å². The number of hydrogen-bond acceptors (Lipinski definition) is 2. The quantitative estimate of drug-likeness (QED) is 0.699. The fourth-order valence-corrected chi connectivity index (χ4v) is 1.60. The summed E-state index contributed by atoms with van der Waals surface area (Å²) in [6.45, 7) is 3.76. The molecule has 0 aromatic rings. The normalized spacial score (nSPS) is 27.2. The van der Waals surface area contributed by atoms with E-state index in [1.54, 1.807) is 0 Å². The van der Waals surface area contributed by atoms with Crippen LogP contribution in [0.2, 0.25) is 0 Å². The molecule has 0 aromatic carbocycles. The van der Waals surface area contributed by atoms with E-state index in [9.17, 15) is 4.79 Å². The van der Waals surface area contributed by atoms with Crippen LogP contribution in [0.5, 0.6) is 0 Å². The van der Waals surface area contributed by atoms with E-state index >= 15 is 0 Å². The lowest BCUT2D eigenvalue weighted by Gasteiger charge is -2.13. The van der Waals surface area contributed by atoms with Crippen LogP contribution in [0.25, 0.3) is 0 Å². The summed E-state index contributed by atoms with van der Waals surface area (Å²) in [7, 11) is 0. The van der Waals surface area contributed by atoms with Crippen molar-refractivity contribution in [3.8, 4) is 6.07 Å². The van der Waals surface area contributed by atoms with Gasteiger partial charge in [0.25, 0.3) is 0 Å². The fraction of sp³-hybridized carbons (Fsp3) is 0.800. The van der Waals surface area contributed by atoms with Gasteiger partial charge in [0.1, 0.15) is 0 Å². The monoisotopic (exact) mass is 180 g/mol. The second kappa shape index (κ2) is 4.27. The third-order valence-corrected chi connectivity index (χ3v) is 2.49. The summed E-state index contributed by atoms with van der Waals surface area (Å²) in [4.78, 5) is 11.3. The van der Waals surface area contributed by atoms with Crippen LogP contribution in [-0.4, -0.2) is 11.9 Å². The molecule has 3 heteroatoms. The van der Waals surface area contributed by atoms with Gasteiger partial charge in [-0.1, -0.05) is 13.8 Å². The molecule has 1 aliphatic carbocycles. The lowest BCUT2D eigenvalue weighted by atomic mass is 10.1. The predicted molar refractivity (Wildman–Crippen MR) is 49.7 cm³/mol. The molecular formula is C10H16N2O. The molecule has 1 aliphatic rings. The number of nitriles is 1. The maximum Gasteiger partial charge on any atom is 0.222 e. The highest BCUT2D eigenvalue weighted by Crippen LogP contribution is 2.24. The molecule has 72 valence electrons. The van der Waals surface area contributed by atoms with E-state index < -0.39 is 0 Å². The fourth-order valence-electron chi connectivity index (χ4n) is 1.60. The highest BCUT2D eigenvalue weighted by Gasteiger charge is 2.25. The van der Waals surface area contributed by atoms with E-state index in [0.717, 1.165) is 19.3 Å². The van der Waals surface area contributed by atoms with E-state index in [-0.39, 0.29) is 23.8 Å². The van der Waals surface area contributed by atoms with Crippen LogP contribution in [0.15, 0.2) is 0 Å². The zero-order valence-electron chi connectivity index (χ0n) is 8.21. The summed E-state index contributed by atoms with van der Waals surface area (Å²) >= 11 is 0. The molecule has 0 aliphatic heterocycles. The van der Waals surface area contributed by atoms with Crippen LogP contribution in [0.1, 0.15) is 33.1 Å². The van der Waals surface area contributed by atoms with Crippen molar-refractivity contribution in [1.82, 2.24) is 5.32 Å². The Morgan fingerprint density at radius 2 is 2.23 bits per heavy atom. The molecule has 1 amide bonds. The summed E-state index contributed by atoms with van der Waals surface area (Å²) in [5, 5.41) is 11.6. The van der Waals surface area contributed by atoms with Gasteiger partial charge in [-0.15, -0.1) is 0 Å². The van der Waals surface area contributed by atoms with Crippen molar-refractivity contribution in [2.24, 2.45) is 11.8 Å². The van der Waals surface area contributed by atoms with Gasteiger partial charge >= 0.3 is 0 Å². The molecule has 0 saturated heterocycles.